The van der Waals surface area contributed by atoms with Crippen LogP contribution in [-0.4, -0.2) is 28.3 Å². The molecule has 0 aliphatic rings. The molecule has 0 saturated heterocycles. The van der Waals surface area contributed by atoms with Gasteiger partial charge in [-0.05, 0) is 46.6 Å². The van der Waals surface area contributed by atoms with Crippen LogP contribution in [0.4, 0.5) is 0 Å². The molecular weight excluding hydrogens is 288 g/mol. The van der Waals surface area contributed by atoms with Gasteiger partial charge in [-0.1, -0.05) is 36.8 Å². The standard InChI is InChI=1S/C19H30N2O2/c1-7-8-17(22)21(13-16-11-9-14(2)10-12-16)15(3)18(23)20-19(4,5)6/h9-12,15H,7-8,13H2,1-6H3,(H,20,23). The Labute approximate surface area is 140 Å². The Morgan fingerprint density at radius 3 is 2.22 bits per heavy atom. The number of hydrogen-bond donors (Lipinski definition) is 1. The SMILES string of the molecule is CCCC(=O)N(Cc1ccc(C)cc1)C(C)C(=O)NC(C)(C)C. The van der Waals surface area contributed by atoms with Crippen LogP contribution in [0.5, 0.6) is 0 Å². The second-order valence-electron chi connectivity index (χ2n) is 7.17. The lowest BCUT2D eigenvalue weighted by Crippen LogP contribution is -2.52. The van der Waals surface area contributed by atoms with Gasteiger partial charge in [0.25, 0.3) is 0 Å². The van der Waals surface area contributed by atoms with E-state index in [1.54, 1.807) is 11.8 Å². The molecule has 4 nitrogen and oxygen atoms in total. The predicted molar refractivity (Wildman–Crippen MR) is 94.0 cm³/mol. The van der Waals surface area contributed by atoms with E-state index in [9.17, 15) is 9.59 Å². The largest absolute Gasteiger partial charge is 0.350 e. The van der Waals surface area contributed by atoms with Crippen LogP contribution < -0.4 is 5.32 Å². The molecule has 0 heterocycles. The van der Waals surface area contributed by atoms with Crippen molar-refractivity contribution in [1.29, 1.82) is 0 Å². The van der Waals surface area contributed by atoms with E-state index in [-0.39, 0.29) is 17.4 Å². The number of aryl methyl sites for hydroxylation is 1. The van der Waals surface area contributed by atoms with E-state index < -0.39 is 6.04 Å². The van der Waals surface area contributed by atoms with Gasteiger partial charge in [0.15, 0.2) is 0 Å². The highest BCUT2D eigenvalue weighted by molar-refractivity contribution is 5.87. The second-order valence-corrected chi connectivity index (χ2v) is 7.17. The smallest absolute Gasteiger partial charge is 0.242 e. The minimum Gasteiger partial charge on any atom is -0.350 e. The first kappa shape index (κ1) is 19.2. The first-order valence-corrected chi connectivity index (χ1v) is 8.31. The highest BCUT2D eigenvalue weighted by Gasteiger charge is 2.27. The highest BCUT2D eigenvalue weighted by Crippen LogP contribution is 2.13. The van der Waals surface area contributed by atoms with E-state index >= 15 is 0 Å². The molecular formula is C19H30N2O2. The van der Waals surface area contributed by atoms with Gasteiger partial charge in [-0.3, -0.25) is 9.59 Å². The summed E-state index contributed by atoms with van der Waals surface area (Å²) in [7, 11) is 0. The Bertz CT molecular complexity index is 529. The van der Waals surface area contributed by atoms with Crippen molar-refractivity contribution in [3.05, 3.63) is 35.4 Å². The molecule has 2 amide bonds. The fourth-order valence-corrected chi connectivity index (χ4v) is 2.30. The first-order chi connectivity index (χ1) is 10.6. The van der Waals surface area contributed by atoms with E-state index in [1.807, 2.05) is 58.9 Å². The van der Waals surface area contributed by atoms with Crippen molar-refractivity contribution in [2.24, 2.45) is 0 Å². The molecule has 1 aromatic carbocycles. The number of hydrogen-bond acceptors (Lipinski definition) is 2. The Hall–Kier alpha value is -1.84. The monoisotopic (exact) mass is 318 g/mol. The van der Waals surface area contributed by atoms with E-state index in [2.05, 4.69) is 5.32 Å². The third-order valence-corrected chi connectivity index (χ3v) is 3.60. The summed E-state index contributed by atoms with van der Waals surface area (Å²) >= 11 is 0. The number of nitrogens with zero attached hydrogens (tertiary/aromatic N) is 1. The van der Waals surface area contributed by atoms with Crippen LogP contribution in [0, 0.1) is 6.92 Å². The molecule has 23 heavy (non-hydrogen) atoms. The minimum atomic E-state index is -0.491. The average molecular weight is 318 g/mol. The van der Waals surface area contributed by atoms with Crippen molar-refractivity contribution < 1.29 is 9.59 Å². The van der Waals surface area contributed by atoms with Gasteiger partial charge in [-0.2, -0.15) is 0 Å². The Balaban J connectivity index is 2.93. The second kappa shape index (κ2) is 8.14. The molecule has 0 aliphatic carbocycles. The third kappa shape index (κ3) is 6.43. The normalized spacial score (nSPS) is 12.6. The van der Waals surface area contributed by atoms with Gasteiger partial charge in [0.1, 0.15) is 6.04 Å². The van der Waals surface area contributed by atoms with Crippen molar-refractivity contribution in [2.75, 3.05) is 0 Å². The molecule has 0 saturated carbocycles. The number of rotatable bonds is 6. The molecule has 0 fully saturated rings. The Kier molecular flexibility index (Phi) is 6.79. The zero-order valence-corrected chi connectivity index (χ0v) is 15.3. The van der Waals surface area contributed by atoms with Gasteiger partial charge in [0.05, 0.1) is 0 Å². The zero-order chi connectivity index (χ0) is 17.6. The lowest BCUT2D eigenvalue weighted by Gasteiger charge is -2.31. The van der Waals surface area contributed by atoms with Gasteiger partial charge in [-0.15, -0.1) is 0 Å². The molecule has 128 valence electrons. The molecule has 0 radical (unpaired) electrons. The van der Waals surface area contributed by atoms with Crippen LogP contribution in [0.2, 0.25) is 0 Å². The maximum Gasteiger partial charge on any atom is 0.242 e. The quantitative estimate of drug-likeness (QED) is 0.873. The van der Waals surface area contributed by atoms with E-state index in [4.69, 9.17) is 0 Å². The number of amides is 2. The third-order valence-electron chi connectivity index (χ3n) is 3.60. The molecule has 1 rings (SSSR count). The highest BCUT2D eigenvalue weighted by atomic mass is 16.2. The summed E-state index contributed by atoms with van der Waals surface area (Å²) < 4.78 is 0. The van der Waals surface area contributed by atoms with Gasteiger partial charge in [0.2, 0.25) is 11.8 Å². The van der Waals surface area contributed by atoms with E-state index in [0.717, 1.165) is 12.0 Å². The Morgan fingerprint density at radius 2 is 1.74 bits per heavy atom. The number of nitrogens with one attached hydrogen (secondary N) is 1. The lowest BCUT2D eigenvalue weighted by molar-refractivity contribution is -0.141. The predicted octanol–water partition coefficient (Wildman–Crippen LogP) is 3.43. The molecule has 0 aliphatic heterocycles. The summed E-state index contributed by atoms with van der Waals surface area (Å²) in [5.41, 5.74) is 1.91. The molecule has 1 atom stereocenters. The molecule has 1 unspecified atom stereocenters. The van der Waals surface area contributed by atoms with E-state index in [1.165, 1.54) is 5.56 Å². The van der Waals surface area contributed by atoms with E-state index in [0.29, 0.717) is 13.0 Å². The first-order valence-electron chi connectivity index (χ1n) is 8.31. The average Bonchev–Trinajstić information content (AvgIpc) is 2.44. The number of carbonyl (C=O) groups is 2. The minimum absolute atomic E-state index is 0.0182. The van der Waals surface area contributed by atoms with Crippen LogP contribution in [0.15, 0.2) is 24.3 Å². The molecule has 1 aromatic rings. The molecule has 0 bridgehead atoms. The van der Waals surface area contributed by atoms with Crippen molar-refractivity contribution >= 4 is 11.8 Å². The molecule has 4 heteroatoms. The lowest BCUT2D eigenvalue weighted by atomic mass is 10.1. The van der Waals surface area contributed by atoms with Gasteiger partial charge in [0, 0.05) is 18.5 Å². The fourth-order valence-electron chi connectivity index (χ4n) is 2.30. The number of carbonyl (C=O) groups excluding carboxylic acids is 2. The van der Waals surface area contributed by atoms with Crippen LogP contribution in [-0.2, 0) is 16.1 Å². The summed E-state index contributed by atoms with van der Waals surface area (Å²) in [6.07, 6.45) is 1.23. The molecule has 1 N–H and O–H groups in total. The topological polar surface area (TPSA) is 49.4 Å². The van der Waals surface area contributed by atoms with Crippen LogP contribution in [0.1, 0.15) is 58.6 Å². The zero-order valence-electron chi connectivity index (χ0n) is 15.3. The van der Waals surface area contributed by atoms with Crippen molar-refractivity contribution in [2.45, 2.75) is 72.5 Å². The summed E-state index contributed by atoms with van der Waals surface area (Å²) in [4.78, 5) is 26.6. The molecule has 0 aromatic heterocycles. The van der Waals surface area contributed by atoms with Crippen molar-refractivity contribution in [3.8, 4) is 0 Å². The fraction of sp³-hybridized carbons (Fsp3) is 0.579. The maximum absolute atomic E-state index is 12.5. The summed E-state index contributed by atoms with van der Waals surface area (Å²) in [5.74, 6) is -0.0984. The summed E-state index contributed by atoms with van der Waals surface area (Å²) in [6.45, 7) is 12.1. The van der Waals surface area contributed by atoms with Crippen LogP contribution >= 0.6 is 0 Å². The van der Waals surface area contributed by atoms with Crippen LogP contribution in [0.3, 0.4) is 0 Å². The summed E-state index contributed by atoms with van der Waals surface area (Å²) in [5, 5.41) is 2.96. The van der Waals surface area contributed by atoms with Crippen molar-refractivity contribution in [1.82, 2.24) is 10.2 Å². The number of benzene rings is 1. The summed E-state index contributed by atoms with van der Waals surface area (Å²) in [6, 6.07) is 7.58. The van der Waals surface area contributed by atoms with Crippen molar-refractivity contribution in [3.63, 3.8) is 0 Å². The Morgan fingerprint density at radius 1 is 1.17 bits per heavy atom. The van der Waals surface area contributed by atoms with Gasteiger partial charge >= 0.3 is 0 Å². The van der Waals surface area contributed by atoms with Gasteiger partial charge in [-0.25, -0.2) is 0 Å². The van der Waals surface area contributed by atoms with Crippen LogP contribution in [0.25, 0.3) is 0 Å². The molecule has 0 spiro atoms. The maximum atomic E-state index is 12.5. The van der Waals surface area contributed by atoms with Gasteiger partial charge < -0.3 is 10.2 Å².